The van der Waals surface area contributed by atoms with Crippen LogP contribution in [0.15, 0.2) is 36.4 Å². The van der Waals surface area contributed by atoms with Gasteiger partial charge in [-0.2, -0.15) is 5.10 Å². The topological polar surface area (TPSA) is 233 Å². The molecular formula is C63H97N11O9. The molecule has 0 unspecified atom stereocenters. The largest absolute Gasteiger partial charge is 0.469 e. The van der Waals surface area contributed by atoms with Crippen LogP contribution in [0.4, 0.5) is 11.5 Å². The molecule has 5 N–H and O–H groups in total. The van der Waals surface area contributed by atoms with Gasteiger partial charge in [0, 0.05) is 134 Å². The SMILES string of the molecule is COC[C@@H]1C[C@@H](O)CN1C(=O)CCCCCNC(=O)CCCCCNC(=O)CCCCCNC(=O)CCCC(=O)N1CCN(c2cc([C@H](CC(=O)OC)CN3CC[C@@H](CCc4ccc5c(n4)NCCC5)C3)cc(-n3nc(C)cc3C)c2)CC1. The van der Waals surface area contributed by atoms with Crippen LogP contribution in [0.5, 0.6) is 0 Å². The minimum atomic E-state index is -0.490. The van der Waals surface area contributed by atoms with E-state index >= 15 is 0 Å². The van der Waals surface area contributed by atoms with Crippen LogP contribution in [0, 0.1) is 19.8 Å². The maximum absolute atomic E-state index is 13.4. The molecular weight excluding hydrogens is 1050 g/mol. The van der Waals surface area contributed by atoms with Crippen molar-refractivity contribution < 1.29 is 43.3 Å². The summed E-state index contributed by atoms with van der Waals surface area (Å²) in [6.45, 7) is 12.7. The van der Waals surface area contributed by atoms with Crippen molar-refractivity contribution in [3.8, 4) is 5.69 Å². The molecule has 0 saturated carbocycles. The number of nitrogens with zero attached hydrogens (tertiary/aromatic N) is 7. The van der Waals surface area contributed by atoms with Crippen molar-refractivity contribution in [2.75, 3.05) is 110 Å². The molecule has 3 saturated heterocycles. The number of rotatable bonds is 34. The van der Waals surface area contributed by atoms with Crippen molar-refractivity contribution in [1.82, 2.24) is 45.4 Å². The number of piperazine rings is 1. The number of anilines is 2. The number of likely N-dealkylation sites (tertiary alicyclic amines) is 2. The number of carbonyl (C=O) groups excluding carboxylic acids is 6. The monoisotopic (exact) mass is 1150 g/mol. The second kappa shape index (κ2) is 34.0. The Morgan fingerprint density at radius 3 is 2.04 bits per heavy atom. The number of hydrogen-bond donors (Lipinski definition) is 5. The van der Waals surface area contributed by atoms with Crippen LogP contribution < -0.4 is 26.2 Å². The minimum absolute atomic E-state index is 0.0119. The summed E-state index contributed by atoms with van der Waals surface area (Å²) < 4.78 is 12.4. The van der Waals surface area contributed by atoms with Crippen LogP contribution in [0.2, 0.25) is 0 Å². The fraction of sp³-hybridized carbons (Fsp3) is 0.683. The smallest absolute Gasteiger partial charge is 0.306 e. The predicted molar refractivity (Wildman–Crippen MR) is 321 cm³/mol. The Labute approximate surface area is 492 Å². The van der Waals surface area contributed by atoms with Crippen molar-refractivity contribution in [2.24, 2.45) is 5.92 Å². The molecule has 0 spiro atoms. The van der Waals surface area contributed by atoms with E-state index in [1.54, 1.807) is 12.0 Å². The molecule has 4 aliphatic heterocycles. The number of pyridine rings is 1. The van der Waals surface area contributed by atoms with E-state index in [0.717, 1.165) is 156 Å². The summed E-state index contributed by atoms with van der Waals surface area (Å²) >= 11 is 0. The van der Waals surface area contributed by atoms with Crippen LogP contribution in [0.1, 0.15) is 163 Å². The molecule has 83 heavy (non-hydrogen) atoms. The first-order valence-corrected chi connectivity index (χ1v) is 31.2. The molecule has 0 aliphatic carbocycles. The van der Waals surface area contributed by atoms with Crippen molar-refractivity contribution in [3.05, 3.63) is 64.6 Å². The minimum Gasteiger partial charge on any atom is -0.469 e. The summed E-state index contributed by atoms with van der Waals surface area (Å²) in [7, 11) is 3.06. The molecule has 0 radical (unpaired) electrons. The number of esters is 1. The van der Waals surface area contributed by atoms with Gasteiger partial charge in [0.25, 0.3) is 0 Å². The first-order valence-electron chi connectivity index (χ1n) is 31.2. The molecule has 20 nitrogen and oxygen atoms in total. The fourth-order valence-electron chi connectivity index (χ4n) is 12.3. The number of ether oxygens (including phenoxy) is 2. The zero-order valence-corrected chi connectivity index (χ0v) is 50.4. The zero-order valence-electron chi connectivity index (χ0n) is 50.4. The van der Waals surface area contributed by atoms with Crippen LogP contribution in [-0.2, 0) is 51.1 Å². The Kier molecular flexibility index (Phi) is 26.4. The Balaban J connectivity index is 0.735. The summed E-state index contributed by atoms with van der Waals surface area (Å²) in [4.78, 5) is 89.8. The number of aliphatic hydroxyl groups is 1. The summed E-state index contributed by atoms with van der Waals surface area (Å²) in [5.74, 6) is 1.34. The molecule has 2 aromatic heterocycles. The summed E-state index contributed by atoms with van der Waals surface area (Å²) in [6, 6.07) is 13.0. The predicted octanol–water partition coefficient (Wildman–Crippen LogP) is 6.30. The number of nitrogens with one attached hydrogen (secondary N) is 4. The number of aliphatic hydroxyl groups excluding tert-OH is 1. The number of hydrogen-bond acceptors (Lipinski definition) is 14. The van der Waals surface area contributed by atoms with E-state index in [4.69, 9.17) is 19.6 Å². The number of fused-ring (bicyclic) bond motifs is 1. The van der Waals surface area contributed by atoms with Gasteiger partial charge < -0.3 is 55.4 Å². The van der Waals surface area contributed by atoms with Gasteiger partial charge in [-0.25, -0.2) is 9.67 Å². The van der Waals surface area contributed by atoms with Crippen molar-refractivity contribution in [1.29, 1.82) is 0 Å². The second-order valence-corrected chi connectivity index (χ2v) is 23.6. The van der Waals surface area contributed by atoms with Gasteiger partial charge in [0.05, 0.1) is 43.7 Å². The first-order chi connectivity index (χ1) is 40.2. The molecule has 7 rings (SSSR count). The van der Waals surface area contributed by atoms with Crippen LogP contribution in [0.25, 0.3) is 5.69 Å². The quantitative estimate of drug-likeness (QED) is 0.0327. The highest BCUT2D eigenvalue weighted by Gasteiger charge is 2.34. The number of aromatic nitrogens is 3. The highest BCUT2D eigenvalue weighted by Crippen LogP contribution is 2.33. The highest BCUT2D eigenvalue weighted by molar-refractivity contribution is 5.79. The molecule has 3 fully saturated rings. The molecule has 6 heterocycles. The van der Waals surface area contributed by atoms with Crippen molar-refractivity contribution in [3.63, 3.8) is 0 Å². The second-order valence-electron chi connectivity index (χ2n) is 23.6. The molecule has 1 aromatic carbocycles. The van der Waals surface area contributed by atoms with E-state index in [-0.39, 0.29) is 60.3 Å². The van der Waals surface area contributed by atoms with Gasteiger partial charge in [0.15, 0.2) is 0 Å². The van der Waals surface area contributed by atoms with E-state index in [9.17, 15) is 33.9 Å². The lowest BCUT2D eigenvalue weighted by atomic mass is 9.93. The van der Waals surface area contributed by atoms with Gasteiger partial charge in [-0.05, 0) is 151 Å². The third kappa shape index (κ3) is 21.2. The van der Waals surface area contributed by atoms with E-state index in [2.05, 4.69) is 74.4 Å². The molecule has 4 atom stereocenters. The number of amides is 5. The summed E-state index contributed by atoms with van der Waals surface area (Å²) in [5, 5.41) is 27.2. The highest BCUT2D eigenvalue weighted by atomic mass is 16.5. The number of benzene rings is 1. The van der Waals surface area contributed by atoms with E-state index < -0.39 is 6.10 Å². The lowest BCUT2D eigenvalue weighted by Gasteiger charge is -2.37. The molecule has 458 valence electrons. The van der Waals surface area contributed by atoms with Gasteiger partial charge in [0.1, 0.15) is 5.82 Å². The third-order valence-electron chi connectivity index (χ3n) is 17.0. The molecule has 5 amide bonds. The molecule has 20 heteroatoms. The molecule has 4 aliphatic rings. The average Bonchev–Trinajstić information content (AvgIpc) is 4.43. The van der Waals surface area contributed by atoms with Gasteiger partial charge in [-0.15, -0.1) is 0 Å². The number of methoxy groups -OCH3 is 2. The molecule has 0 bridgehead atoms. The number of unbranched alkanes of at least 4 members (excludes halogenated alkanes) is 6. The van der Waals surface area contributed by atoms with Gasteiger partial charge in [0.2, 0.25) is 29.5 Å². The van der Waals surface area contributed by atoms with Crippen LogP contribution in [-0.4, -0.2) is 182 Å². The Bertz CT molecular complexity index is 2570. The summed E-state index contributed by atoms with van der Waals surface area (Å²) in [5.41, 5.74) is 7.45. The number of β-amino-alcohol motifs (C(OH)–C–C–N with tert-alkyl or cyclic N) is 1. The number of aryl methyl sites for hydroxylation is 4. The normalized spacial score (nSPS) is 18.4. The van der Waals surface area contributed by atoms with E-state index in [1.165, 1.54) is 12.7 Å². The molecule has 3 aromatic rings. The maximum Gasteiger partial charge on any atom is 0.306 e. The third-order valence-corrected chi connectivity index (χ3v) is 17.0. The van der Waals surface area contributed by atoms with Gasteiger partial charge >= 0.3 is 5.97 Å². The van der Waals surface area contributed by atoms with Crippen molar-refractivity contribution in [2.45, 2.75) is 173 Å². The Hall–Kier alpha value is -6.12. The number of carbonyl (C=O) groups is 6. The Morgan fingerprint density at radius 1 is 0.735 bits per heavy atom. The lowest BCUT2D eigenvalue weighted by Crippen LogP contribution is -2.48. The average molecular weight is 1150 g/mol. The fourth-order valence-corrected chi connectivity index (χ4v) is 12.3. The Morgan fingerprint density at radius 2 is 1.39 bits per heavy atom. The maximum atomic E-state index is 13.4. The van der Waals surface area contributed by atoms with Gasteiger partial charge in [-0.1, -0.05) is 25.3 Å². The zero-order chi connectivity index (χ0) is 58.9. The van der Waals surface area contributed by atoms with Gasteiger partial charge in [-0.3, -0.25) is 28.8 Å². The van der Waals surface area contributed by atoms with E-state index in [1.807, 2.05) is 16.5 Å². The van der Waals surface area contributed by atoms with Crippen molar-refractivity contribution >= 4 is 47.0 Å². The van der Waals surface area contributed by atoms with Crippen LogP contribution in [0.3, 0.4) is 0 Å². The van der Waals surface area contributed by atoms with Crippen LogP contribution >= 0.6 is 0 Å². The summed E-state index contributed by atoms with van der Waals surface area (Å²) in [6.07, 6.45) is 15.2. The standard InChI is InChI=1S/C63H97N11O9/c1-46-36-47(2)74(69-46)54-38-50(51(39-62(81)83-4)43-70-31-26-48(42-70)22-24-52-25-23-49-16-15-30-67-63(49)68-52)37-53(40-54)71-32-34-72(35-33-71)60(79)21-14-19-59(78)66-28-12-6-9-17-57(76)64-27-11-5-8-18-58(77)65-29-13-7-10-20-61(80)73-44-56(75)41-55(73)45-82-3/h23,25,36-38,40,48,51,55-56,75H,5-22,24,26-35,39,41-45H2,1-4H3,(H,64,76)(H,65,77)(H,66,78)(H,67,68)/t48-,51-,55+,56-/m1/s1. The van der Waals surface area contributed by atoms with E-state index in [0.29, 0.717) is 103 Å². The lowest BCUT2D eigenvalue weighted by molar-refractivity contribution is -0.141. The first kappa shape index (κ1) is 64.4.